The molecule has 1 N–H and O–H groups in total. The Morgan fingerprint density at radius 2 is 1.88 bits per heavy atom. The first kappa shape index (κ1) is 6.09. The average molecular weight is 113 g/mol. The Bertz CT molecular complexity index is 82.4. The first-order valence-corrected chi connectivity index (χ1v) is 3.40. The molecule has 1 aliphatic carbocycles. The third kappa shape index (κ3) is 1.48. The van der Waals surface area contributed by atoms with Crippen molar-refractivity contribution in [3.05, 3.63) is 0 Å². The van der Waals surface area contributed by atoms with Crippen molar-refractivity contribution in [2.24, 2.45) is 0 Å². The molecule has 8 heavy (non-hydrogen) atoms. The molecule has 0 radical (unpaired) electrons. The van der Waals surface area contributed by atoms with Crippen LogP contribution < -0.4 is 5.32 Å². The zero-order valence-corrected chi connectivity index (χ0v) is 5.99. The summed E-state index contributed by atoms with van der Waals surface area (Å²) >= 11 is 0. The topological polar surface area (TPSA) is 12.0 Å². The van der Waals surface area contributed by atoms with E-state index in [-0.39, 0.29) is 0 Å². The Hall–Kier alpha value is -0.0400. The fourth-order valence-corrected chi connectivity index (χ4v) is 1.03. The Morgan fingerprint density at radius 3 is 2.00 bits per heavy atom. The van der Waals surface area contributed by atoms with Gasteiger partial charge in [0.2, 0.25) is 0 Å². The molecular weight excluding hydrogens is 98.1 g/mol. The number of nitrogens with one attached hydrogen (secondary N) is 1. The van der Waals surface area contributed by atoms with Gasteiger partial charge in [-0.2, -0.15) is 0 Å². The third-order valence-corrected chi connectivity index (χ3v) is 1.64. The van der Waals surface area contributed by atoms with E-state index < -0.39 is 0 Å². The van der Waals surface area contributed by atoms with E-state index >= 15 is 0 Å². The van der Waals surface area contributed by atoms with Crippen molar-refractivity contribution in [1.82, 2.24) is 5.32 Å². The average Bonchev–Trinajstić information content (AvgIpc) is 2.17. The van der Waals surface area contributed by atoms with Gasteiger partial charge in [-0.25, -0.2) is 0 Å². The molecule has 0 spiro atoms. The molecule has 0 unspecified atom stereocenters. The lowest BCUT2D eigenvalue weighted by Crippen LogP contribution is -2.33. The summed E-state index contributed by atoms with van der Waals surface area (Å²) in [5.74, 6) is 0. The van der Waals surface area contributed by atoms with E-state index in [0.29, 0.717) is 11.6 Å². The zero-order valence-electron chi connectivity index (χ0n) is 5.99. The van der Waals surface area contributed by atoms with Gasteiger partial charge in [0.25, 0.3) is 0 Å². The van der Waals surface area contributed by atoms with Crippen LogP contribution in [0, 0.1) is 0 Å². The highest BCUT2D eigenvalue weighted by atomic mass is 15.0. The van der Waals surface area contributed by atoms with Crippen LogP contribution in [-0.4, -0.2) is 11.6 Å². The quantitative estimate of drug-likeness (QED) is 0.572. The maximum atomic E-state index is 3.49. The van der Waals surface area contributed by atoms with Crippen LogP contribution in [0.15, 0.2) is 0 Å². The van der Waals surface area contributed by atoms with Gasteiger partial charge in [0.1, 0.15) is 0 Å². The molecule has 48 valence electrons. The highest BCUT2D eigenvalue weighted by molar-refractivity contribution is 4.98. The molecule has 0 aromatic carbocycles. The van der Waals surface area contributed by atoms with Gasteiger partial charge >= 0.3 is 0 Å². The second kappa shape index (κ2) is 1.73. The lowest BCUT2D eigenvalue weighted by Gasteiger charge is -2.13. The molecule has 0 aromatic rings. The van der Waals surface area contributed by atoms with Crippen molar-refractivity contribution in [2.45, 2.75) is 45.2 Å². The van der Waals surface area contributed by atoms with E-state index in [0.717, 1.165) is 0 Å². The summed E-state index contributed by atoms with van der Waals surface area (Å²) in [7, 11) is 0. The SMILES string of the molecule is CC(C)NC1(C)CC1. The van der Waals surface area contributed by atoms with Crippen LogP contribution >= 0.6 is 0 Å². The second-order valence-electron chi connectivity index (χ2n) is 3.36. The number of hydrogen-bond donors (Lipinski definition) is 1. The molecule has 1 fully saturated rings. The van der Waals surface area contributed by atoms with Crippen molar-refractivity contribution in [3.63, 3.8) is 0 Å². The maximum absolute atomic E-state index is 3.49. The molecule has 1 rings (SSSR count). The summed E-state index contributed by atoms with van der Waals surface area (Å²) in [5.41, 5.74) is 0.522. The molecule has 1 aliphatic rings. The van der Waals surface area contributed by atoms with Crippen molar-refractivity contribution < 1.29 is 0 Å². The molecule has 1 nitrogen and oxygen atoms in total. The lowest BCUT2D eigenvalue weighted by atomic mass is 10.3. The van der Waals surface area contributed by atoms with Crippen LogP contribution in [0.2, 0.25) is 0 Å². The third-order valence-electron chi connectivity index (χ3n) is 1.64. The predicted octanol–water partition coefficient (Wildman–Crippen LogP) is 1.54. The summed E-state index contributed by atoms with van der Waals surface area (Å²) in [6.45, 7) is 6.68. The number of hydrogen-bond acceptors (Lipinski definition) is 1. The maximum Gasteiger partial charge on any atom is 0.0157 e. The molecule has 1 heteroatoms. The van der Waals surface area contributed by atoms with Crippen LogP contribution in [0.25, 0.3) is 0 Å². The minimum atomic E-state index is 0.522. The fourth-order valence-electron chi connectivity index (χ4n) is 1.03. The van der Waals surface area contributed by atoms with Crippen LogP contribution in [-0.2, 0) is 0 Å². The minimum absolute atomic E-state index is 0.522. The highest BCUT2D eigenvalue weighted by Gasteiger charge is 2.36. The normalized spacial score (nSPS) is 24.0. The summed E-state index contributed by atoms with van der Waals surface area (Å²) in [6, 6.07) is 0.655. The molecule has 0 bridgehead atoms. The smallest absolute Gasteiger partial charge is 0.0157 e. The van der Waals surface area contributed by atoms with Crippen LogP contribution in [0.4, 0.5) is 0 Å². The summed E-state index contributed by atoms with van der Waals surface area (Å²) in [5, 5.41) is 3.49. The Morgan fingerprint density at radius 1 is 1.38 bits per heavy atom. The van der Waals surface area contributed by atoms with E-state index in [1.165, 1.54) is 12.8 Å². The van der Waals surface area contributed by atoms with E-state index in [9.17, 15) is 0 Å². The second-order valence-corrected chi connectivity index (χ2v) is 3.36. The molecule has 0 amide bonds. The van der Waals surface area contributed by atoms with E-state index in [4.69, 9.17) is 0 Å². The van der Waals surface area contributed by atoms with Gasteiger partial charge in [0.05, 0.1) is 0 Å². The van der Waals surface area contributed by atoms with Crippen LogP contribution in [0.5, 0.6) is 0 Å². The predicted molar refractivity (Wildman–Crippen MR) is 35.9 cm³/mol. The van der Waals surface area contributed by atoms with Crippen molar-refractivity contribution >= 4 is 0 Å². The van der Waals surface area contributed by atoms with Crippen molar-refractivity contribution in [2.75, 3.05) is 0 Å². The van der Waals surface area contributed by atoms with Gasteiger partial charge in [-0.05, 0) is 19.8 Å². The summed E-state index contributed by atoms with van der Waals surface area (Å²) in [4.78, 5) is 0. The number of rotatable bonds is 2. The van der Waals surface area contributed by atoms with Gasteiger partial charge in [-0.3, -0.25) is 0 Å². The minimum Gasteiger partial charge on any atom is -0.309 e. The summed E-state index contributed by atoms with van der Waals surface area (Å²) in [6.07, 6.45) is 2.73. The van der Waals surface area contributed by atoms with Gasteiger partial charge in [0, 0.05) is 11.6 Å². The highest BCUT2D eigenvalue weighted by Crippen LogP contribution is 2.34. The van der Waals surface area contributed by atoms with E-state index in [1.807, 2.05) is 0 Å². The molecule has 0 aromatic heterocycles. The van der Waals surface area contributed by atoms with Crippen LogP contribution in [0.3, 0.4) is 0 Å². The van der Waals surface area contributed by atoms with Crippen molar-refractivity contribution in [3.8, 4) is 0 Å². The fraction of sp³-hybridized carbons (Fsp3) is 1.00. The van der Waals surface area contributed by atoms with Gasteiger partial charge < -0.3 is 5.32 Å². The Labute approximate surface area is 51.5 Å². The van der Waals surface area contributed by atoms with Gasteiger partial charge in [-0.15, -0.1) is 0 Å². The van der Waals surface area contributed by atoms with Crippen LogP contribution in [0.1, 0.15) is 33.6 Å². The monoisotopic (exact) mass is 113 g/mol. The molecule has 0 saturated heterocycles. The molecule has 0 heterocycles. The molecule has 1 saturated carbocycles. The van der Waals surface area contributed by atoms with Gasteiger partial charge in [-0.1, -0.05) is 13.8 Å². The van der Waals surface area contributed by atoms with E-state index in [2.05, 4.69) is 26.1 Å². The molecule has 0 aliphatic heterocycles. The Kier molecular flexibility index (Phi) is 1.31. The van der Waals surface area contributed by atoms with E-state index in [1.54, 1.807) is 0 Å². The summed E-state index contributed by atoms with van der Waals surface area (Å²) < 4.78 is 0. The standard InChI is InChI=1S/C7H15N/c1-6(2)8-7(3)4-5-7/h6,8H,4-5H2,1-3H3. The lowest BCUT2D eigenvalue weighted by molar-refractivity contribution is 0.478. The Balaban J connectivity index is 2.19. The first-order valence-electron chi connectivity index (χ1n) is 3.40. The zero-order chi connectivity index (χ0) is 6.20. The molecule has 0 atom stereocenters. The first-order chi connectivity index (χ1) is 3.62. The largest absolute Gasteiger partial charge is 0.309 e. The van der Waals surface area contributed by atoms with Crippen molar-refractivity contribution in [1.29, 1.82) is 0 Å². The molecular formula is C7H15N. The van der Waals surface area contributed by atoms with Gasteiger partial charge in [0.15, 0.2) is 0 Å².